The first-order valence-corrected chi connectivity index (χ1v) is 20.9. The zero-order valence-electron chi connectivity index (χ0n) is 36.3. The molecule has 4 N–H and O–H groups in total. The summed E-state index contributed by atoms with van der Waals surface area (Å²) in [6.45, 7) is 15.1. The van der Waals surface area contributed by atoms with Crippen LogP contribution in [0.3, 0.4) is 0 Å². The molecule has 1 amide bonds. The second-order valence-electron chi connectivity index (χ2n) is 18.4. The van der Waals surface area contributed by atoms with Crippen molar-refractivity contribution in [2.24, 2.45) is 16.7 Å². The first-order chi connectivity index (χ1) is 28.2. The van der Waals surface area contributed by atoms with Crippen LogP contribution < -0.4 is 5.32 Å². The second-order valence-corrected chi connectivity index (χ2v) is 18.8. The Hall–Kier alpha value is -4.29. The van der Waals surface area contributed by atoms with Gasteiger partial charge in [0.1, 0.15) is 29.5 Å². The number of aliphatic hydroxyl groups excluding tert-OH is 2. The molecule has 17 heteroatoms. The van der Waals surface area contributed by atoms with E-state index in [4.69, 9.17) is 28.4 Å². The molecule has 1 aromatic carbocycles. The average Bonchev–Trinajstić information content (AvgIpc) is 3.14. The van der Waals surface area contributed by atoms with E-state index in [1.54, 1.807) is 66.7 Å². The van der Waals surface area contributed by atoms with Crippen LogP contribution in [0.2, 0.25) is 0 Å². The van der Waals surface area contributed by atoms with Crippen molar-refractivity contribution < 1.29 is 72.5 Å². The van der Waals surface area contributed by atoms with Gasteiger partial charge in [0.25, 0.3) is 0 Å². The molecule has 4 aliphatic rings. The van der Waals surface area contributed by atoms with Gasteiger partial charge >= 0.3 is 30.0 Å². The van der Waals surface area contributed by atoms with Gasteiger partial charge in [-0.15, -0.1) is 0 Å². The number of Topliss-reactive ketones (excluding diaryl/α,β-unsaturated/α-hetero) is 1. The highest BCUT2D eigenvalue weighted by Gasteiger charge is 2.78. The SMILES string of the molecule is CC(=O)O[C@@]12CO[C@@H]1C[C@H](O)[C@@]1(C)C(=O)[C@H](OC(=O)CCS)C3=C(C)[C@@H](OC(=O)[C@H](O)[C@H](C=C(C)C)NC(=O)OC(C)(C)C)C[C@@](O)([C@@H](OC(=O)c4ccccc4)[C@H]21)C3(C)C. The number of aliphatic hydroxyl groups is 3. The number of alkyl carbamates (subject to hydrolysis) is 1. The van der Waals surface area contributed by atoms with Crippen molar-refractivity contribution in [3.63, 3.8) is 0 Å². The third kappa shape index (κ3) is 8.86. The minimum Gasteiger partial charge on any atom is -0.456 e. The van der Waals surface area contributed by atoms with Crippen LogP contribution in [-0.4, -0.2) is 123 Å². The van der Waals surface area contributed by atoms with E-state index in [1.165, 1.54) is 32.1 Å². The number of ketones is 1. The molecule has 3 aliphatic carbocycles. The van der Waals surface area contributed by atoms with E-state index in [0.717, 1.165) is 6.92 Å². The standard InChI is InChI=1S/C44H59NO15S/c1-22(2)18-26(45-39(53)60-40(5,6)7)32(49)38(52)56-27-20-44(54)36(58-37(51)25-14-12-11-13-15-25)34-42(10,28(47)19-29-43(34,21-55-29)59-24(4)46)35(50)33(57-30(48)16-17-61)31(23(27)3)41(44,8)9/h11-15,18,26-29,32-34,36,47,49,54,61H,16-17,19-21H2,1-10H3,(H,45,53)/t26-,27-,28-,29+,32+,33+,34-,36-,42+,43-,44+/m0/s1. The van der Waals surface area contributed by atoms with Gasteiger partial charge in [-0.05, 0) is 71.7 Å². The van der Waals surface area contributed by atoms with Crippen LogP contribution in [0.5, 0.6) is 0 Å². The number of carbonyl (C=O) groups is 6. The molecule has 0 radical (unpaired) electrons. The smallest absolute Gasteiger partial charge is 0.408 e. The van der Waals surface area contributed by atoms with Gasteiger partial charge in [-0.25, -0.2) is 14.4 Å². The molecule has 3 fully saturated rings. The minimum absolute atomic E-state index is 0.0139. The summed E-state index contributed by atoms with van der Waals surface area (Å²) in [5, 5.41) is 39.7. The van der Waals surface area contributed by atoms with E-state index >= 15 is 4.79 Å². The van der Waals surface area contributed by atoms with Crippen LogP contribution in [-0.2, 0) is 47.6 Å². The molecule has 336 valence electrons. The van der Waals surface area contributed by atoms with Crippen LogP contribution in [0, 0.1) is 16.7 Å². The van der Waals surface area contributed by atoms with E-state index < -0.39 is 118 Å². The summed E-state index contributed by atoms with van der Waals surface area (Å²) in [7, 11) is 0. The number of amides is 1. The summed E-state index contributed by atoms with van der Waals surface area (Å²) in [6, 6.07) is 6.47. The van der Waals surface area contributed by atoms with Crippen molar-refractivity contribution in [3.8, 4) is 0 Å². The number of nitrogens with one attached hydrogen (secondary N) is 1. The Labute approximate surface area is 361 Å². The topological polar surface area (TPSA) is 231 Å². The number of esters is 4. The Kier molecular flexibility index (Phi) is 13.7. The summed E-state index contributed by atoms with van der Waals surface area (Å²) in [5.74, 6) is -6.22. The molecule has 0 aromatic heterocycles. The van der Waals surface area contributed by atoms with Crippen LogP contribution in [0.25, 0.3) is 0 Å². The molecule has 2 saturated carbocycles. The van der Waals surface area contributed by atoms with Crippen molar-refractivity contribution in [3.05, 3.63) is 58.7 Å². The molecule has 5 rings (SSSR count). The lowest BCUT2D eigenvalue weighted by atomic mass is 9.44. The zero-order chi connectivity index (χ0) is 45.6. The Balaban J connectivity index is 1.75. The second kappa shape index (κ2) is 17.5. The lowest BCUT2D eigenvalue weighted by Gasteiger charge is -2.67. The predicted molar refractivity (Wildman–Crippen MR) is 220 cm³/mol. The highest BCUT2D eigenvalue weighted by Crippen LogP contribution is 2.64. The summed E-state index contributed by atoms with van der Waals surface area (Å²) >= 11 is 4.17. The molecule has 0 spiro atoms. The van der Waals surface area contributed by atoms with E-state index in [0.29, 0.717) is 5.57 Å². The largest absolute Gasteiger partial charge is 0.456 e. The number of hydrogen-bond donors (Lipinski definition) is 5. The average molecular weight is 874 g/mol. The maximum Gasteiger partial charge on any atom is 0.408 e. The van der Waals surface area contributed by atoms with Crippen LogP contribution in [0.1, 0.15) is 98.9 Å². The Morgan fingerprint density at radius 2 is 1.67 bits per heavy atom. The zero-order valence-corrected chi connectivity index (χ0v) is 37.2. The Morgan fingerprint density at radius 3 is 2.21 bits per heavy atom. The Morgan fingerprint density at radius 1 is 1.03 bits per heavy atom. The number of rotatable bonds is 11. The molecular weight excluding hydrogens is 815 g/mol. The lowest BCUT2D eigenvalue weighted by molar-refractivity contribution is -0.346. The summed E-state index contributed by atoms with van der Waals surface area (Å²) in [6.07, 6.45) is -10.3. The van der Waals surface area contributed by atoms with Gasteiger partial charge in [0, 0.05) is 30.9 Å². The van der Waals surface area contributed by atoms with Crippen LogP contribution in [0.15, 0.2) is 53.1 Å². The Bertz CT molecular complexity index is 1970. The molecular formula is C44H59NO15S. The molecule has 11 atom stereocenters. The summed E-state index contributed by atoms with van der Waals surface area (Å²) < 4.78 is 35.7. The highest BCUT2D eigenvalue weighted by molar-refractivity contribution is 7.80. The summed E-state index contributed by atoms with van der Waals surface area (Å²) in [5.41, 5.74) is -8.02. The maximum atomic E-state index is 15.6. The fraction of sp³-hybridized carbons (Fsp3) is 0.636. The first kappa shape index (κ1) is 47.8. The highest BCUT2D eigenvalue weighted by atomic mass is 32.1. The van der Waals surface area contributed by atoms with Gasteiger partial charge < -0.3 is 49.1 Å². The molecule has 1 aliphatic heterocycles. The van der Waals surface area contributed by atoms with E-state index in [-0.39, 0.29) is 41.9 Å². The maximum absolute atomic E-state index is 15.6. The van der Waals surface area contributed by atoms with Gasteiger partial charge in [-0.2, -0.15) is 12.6 Å². The van der Waals surface area contributed by atoms with Crippen molar-refractivity contribution in [2.75, 3.05) is 12.4 Å². The van der Waals surface area contributed by atoms with Crippen LogP contribution in [0.4, 0.5) is 4.79 Å². The molecule has 0 unspecified atom stereocenters. The number of hydrogen-bond acceptors (Lipinski definition) is 16. The molecule has 61 heavy (non-hydrogen) atoms. The van der Waals surface area contributed by atoms with E-state index in [9.17, 15) is 39.3 Å². The lowest BCUT2D eigenvalue weighted by Crippen LogP contribution is -2.82. The van der Waals surface area contributed by atoms with E-state index in [1.807, 2.05) is 0 Å². The molecule has 16 nitrogen and oxygen atoms in total. The van der Waals surface area contributed by atoms with Gasteiger partial charge in [-0.3, -0.25) is 14.4 Å². The van der Waals surface area contributed by atoms with E-state index in [2.05, 4.69) is 17.9 Å². The molecule has 1 aromatic rings. The van der Waals surface area contributed by atoms with Gasteiger partial charge in [0.2, 0.25) is 0 Å². The third-order valence-corrected chi connectivity index (χ3v) is 12.7. The quantitative estimate of drug-likeness (QED) is 0.0924. The number of thiol groups is 1. The number of carbonyl (C=O) groups excluding carboxylic acids is 6. The molecule has 1 saturated heterocycles. The first-order valence-electron chi connectivity index (χ1n) is 20.3. The molecule has 2 bridgehead atoms. The monoisotopic (exact) mass is 873 g/mol. The van der Waals surface area contributed by atoms with Crippen molar-refractivity contribution in [1.29, 1.82) is 0 Å². The summed E-state index contributed by atoms with van der Waals surface area (Å²) in [4.78, 5) is 83.2. The minimum atomic E-state index is -2.40. The van der Waals surface area contributed by atoms with Gasteiger partial charge in [0.15, 0.2) is 23.6 Å². The number of allylic oxidation sites excluding steroid dienone is 1. The van der Waals surface area contributed by atoms with Crippen molar-refractivity contribution >= 4 is 48.4 Å². The van der Waals surface area contributed by atoms with Crippen molar-refractivity contribution in [1.82, 2.24) is 5.32 Å². The number of ether oxygens (including phenoxy) is 6. The molecule has 1 heterocycles. The third-order valence-electron chi connectivity index (χ3n) is 12.5. The number of benzene rings is 1. The van der Waals surface area contributed by atoms with Crippen molar-refractivity contribution in [2.45, 2.75) is 148 Å². The fourth-order valence-corrected chi connectivity index (χ4v) is 9.69. The number of fused-ring (bicyclic) bond motifs is 5. The van der Waals surface area contributed by atoms with Gasteiger partial charge in [0.05, 0.1) is 42.1 Å². The van der Waals surface area contributed by atoms with Gasteiger partial charge in [-0.1, -0.05) is 43.7 Å². The predicted octanol–water partition coefficient (Wildman–Crippen LogP) is 3.72. The normalized spacial score (nSPS) is 32.5. The fourth-order valence-electron chi connectivity index (χ4n) is 9.50. The van der Waals surface area contributed by atoms with Crippen LogP contribution >= 0.6 is 12.6 Å².